The second kappa shape index (κ2) is 8.58. The molecule has 0 saturated carbocycles. The molecule has 1 atom stereocenters. The molecule has 0 unspecified atom stereocenters. The van der Waals surface area contributed by atoms with Crippen molar-refractivity contribution >= 4 is 17.5 Å². The van der Waals surface area contributed by atoms with Crippen LogP contribution in [0.4, 0.5) is 0 Å². The Kier molecular flexibility index (Phi) is 6.18. The predicted octanol–water partition coefficient (Wildman–Crippen LogP) is 2.16. The third-order valence-corrected chi connectivity index (χ3v) is 4.71. The molecule has 1 fully saturated rings. The molecule has 3 rings (SSSR count). The molecule has 9 heteroatoms. The standard InChI is InChI=1S/C18H23ClN4O4/c1-11-10-23(7-6-20-11)16(24)5-4-15-21-18(22-27-15)12-8-13(19)17(26-3)14(9-12)25-2/h8-9,11,20H,4-7,10H2,1-3H3/t11-/m1/s1. The highest BCUT2D eigenvalue weighted by molar-refractivity contribution is 6.32. The number of nitrogens with zero attached hydrogens (tertiary/aromatic N) is 3. The molecule has 0 bridgehead atoms. The first-order chi connectivity index (χ1) is 13.0. The number of ether oxygens (including phenoxy) is 2. The first-order valence-corrected chi connectivity index (χ1v) is 9.15. The Morgan fingerprint density at radius 2 is 2.22 bits per heavy atom. The Hall–Kier alpha value is -2.32. The van der Waals surface area contributed by atoms with Gasteiger partial charge in [0.2, 0.25) is 17.6 Å². The van der Waals surface area contributed by atoms with Crippen LogP contribution in [-0.4, -0.2) is 60.8 Å². The minimum absolute atomic E-state index is 0.0947. The molecule has 1 aliphatic heterocycles. The van der Waals surface area contributed by atoms with Crippen molar-refractivity contribution in [3.63, 3.8) is 0 Å². The van der Waals surface area contributed by atoms with Gasteiger partial charge in [0.05, 0.1) is 19.2 Å². The Morgan fingerprint density at radius 3 is 2.93 bits per heavy atom. The monoisotopic (exact) mass is 394 g/mol. The number of benzene rings is 1. The summed E-state index contributed by atoms with van der Waals surface area (Å²) >= 11 is 6.22. The number of carbonyl (C=O) groups excluding carboxylic acids is 1. The van der Waals surface area contributed by atoms with E-state index >= 15 is 0 Å². The molecular weight excluding hydrogens is 372 g/mol. The van der Waals surface area contributed by atoms with Crippen LogP contribution in [0.2, 0.25) is 5.02 Å². The number of methoxy groups -OCH3 is 2. The second-order valence-corrected chi connectivity index (χ2v) is 6.81. The van der Waals surface area contributed by atoms with Crippen LogP contribution in [0.1, 0.15) is 19.2 Å². The van der Waals surface area contributed by atoms with E-state index in [1.165, 1.54) is 14.2 Å². The van der Waals surface area contributed by atoms with Crippen molar-refractivity contribution in [2.75, 3.05) is 33.9 Å². The highest BCUT2D eigenvalue weighted by Crippen LogP contribution is 2.38. The zero-order chi connectivity index (χ0) is 19.4. The maximum Gasteiger partial charge on any atom is 0.227 e. The van der Waals surface area contributed by atoms with Crippen LogP contribution in [0.15, 0.2) is 16.7 Å². The highest BCUT2D eigenvalue weighted by Gasteiger charge is 2.21. The van der Waals surface area contributed by atoms with Crippen LogP contribution in [0.25, 0.3) is 11.4 Å². The van der Waals surface area contributed by atoms with Crippen molar-refractivity contribution in [2.45, 2.75) is 25.8 Å². The zero-order valence-corrected chi connectivity index (χ0v) is 16.4. The van der Waals surface area contributed by atoms with Gasteiger partial charge in [0.25, 0.3) is 0 Å². The number of halogens is 1. The normalized spacial score (nSPS) is 17.0. The summed E-state index contributed by atoms with van der Waals surface area (Å²) < 4.78 is 15.8. The lowest BCUT2D eigenvalue weighted by Gasteiger charge is -2.31. The number of rotatable bonds is 6. The third-order valence-electron chi connectivity index (χ3n) is 4.43. The summed E-state index contributed by atoms with van der Waals surface area (Å²) in [6, 6.07) is 3.73. The van der Waals surface area contributed by atoms with Crippen LogP contribution in [0, 0.1) is 0 Å². The van der Waals surface area contributed by atoms with E-state index in [2.05, 4.69) is 22.4 Å². The Bertz CT molecular complexity index is 811. The molecule has 1 N–H and O–H groups in total. The number of hydrogen-bond acceptors (Lipinski definition) is 7. The van der Waals surface area contributed by atoms with Crippen molar-refractivity contribution in [3.05, 3.63) is 23.0 Å². The summed E-state index contributed by atoms with van der Waals surface area (Å²) in [5.41, 5.74) is 0.648. The lowest BCUT2D eigenvalue weighted by atomic mass is 10.2. The van der Waals surface area contributed by atoms with Crippen LogP contribution >= 0.6 is 11.6 Å². The summed E-state index contributed by atoms with van der Waals surface area (Å²) in [5.74, 6) is 1.82. The first kappa shape index (κ1) is 19.4. The minimum atomic E-state index is 0.0947. The summed E-state index contributed by atoms with van der Waals surface area (Å²) in [4.78, 5) is 18.6. The molecule has 0 radical (unpaired) electrons. The van der Waals surface area contributed by atoms with Crippen molar-refractivity contribution in [1.82, 2.24) is 20.4 Å². The van der Waals surface area contributed by atoms with E-state index in [0.717, 1.165) is 19.6 Å². The molecule has 1 aromatic heterocycles. The van der Waals surface area contributed by atoms with Crippen LogP contribution in [-0.2, 0) is 11.2 Å². The smallest absolute Gasteiger partial charge is 0.227 e. The van der Waals surface area contributed by atoms with Gasteiger partial charge in [-0.05, 0) is 19.1 Å². The van der Waals surface area contributed by atoms with E-state index in [1.807, 2.05) is 4.90 Å². The largest absolute Gasteiger partial charge is 0.493 e. The number of amides is 1. The van der Waals surface area contributed by atoms with Gasteiger partial charge in [0.1, 0.15) is 0 Å². The average molecular weight is 395 g/mol. The quantitative estimate of drug-likeness (QED) is 0.802. The molecule has 1 amide bonds. The van der Waals surface area contributed by atoms with Gasteiger partial charge in [0.15, 0.2) is 11.5 Å². The molecule has 0 aliphatic carbocycles. The highest BCUT2D eigenvalue weighted by atomic mass is 35.5. The predicted molar refractivity (Wildman–Crippen MR) is 100 cm³/mol. The number of hydrogen-bond donors (Lipinski definition) is 1. The van der Waals surface area contributed by atoms with E-state index in [1.54, 1.807) is 12.1 Å². The molecule has 27 heavy (non-hydrogen) atoms. The van der Waals surface area contributed by atoms with Gasteiger partial charge in [-0.3, -0.25) is 4.79 Å². The summed E-state index contributed by atoms with van der Waals surface area (Å²) in [6.07, 6.45) is 0.728. The van der Waals surface area contributed by atoms with E-state index in [4.69, 9.17) is 25.6 Å². The third kappa shape index (κ3) is 4.51. The lowest BCUT2D eigenvalue weighted by Crippen LogP contribution is -2.51. The van der Waals surface area contributed by atoms with Crippen molar-refractivity contribution in [3.8, 4) is 22.9 Å². The summed E-state index contributed by atoms with van der Waals surface area (Å²) in [5, 5.41) is 7.69. The number of aromatic nitrogens is 2. The molecular formula is C18H23ClN4O4. The fourth-order valence-corrected chi connectivity index (χ4v) is 3.34. The van der Waals surface area contributed by atoms with Gasteiger partial charge in [-0.2, -0.15) is 4.98 Å². The molecule has 2 aromatic rings. The van der Waals surface area contributed by atoms with Gasteiger partial charge in [0, 0.05) is 44.1 Å². The van der Waals surface area contributed by atoms with Gasteiger partial charge < -0.3 is 24.2 Å². The second-order valence-electron chi connectivity index (χ2n) is 6.40. The van der Waals surface area contributed by atoms with Crippen molar-refractivity contribution in [1.29, 1.82) is 0 Å². The molecule has 1 aromatic carbocycles. The minimum Gasteiger partial charge on any atom is -0.493 e. The van der Waals surface area contributed by atoms with E-state index in [9.17, 15) is 4.79 Å². The van der Waals surface area contributed by atoms with Gasteiger partial charge in [-0.15, -0.1) is 0 Å². The summed E-state index contributed by atoms with van der Waals surface area (Å²) in [6.45, 7) is 4.33. The van der Waals surface area contributed by atoms with Crippen LogP contribution in [0.5, 0.6) is 11.5 Å². The average Bonchev–Trinajstić information content (AvgIpc) is 3.14. The maximum absolute atomic E-state index is 12.4. The van der Waals surface area contributed by atoms with E-state index < -0.39 is 0 Å². The maximum atomic E-state index is 12.4. The SMILES string of the molecule is COc1cc(-c2noc(CCC(=O)N3CCN[C@H](C)C3)n2)cc(Cl)c1OC. The van der Waals surface area contributed by atoms with Gasteiger partial charge >= 0.3 is 0 Å². The number of carbonyl (C=O) groups is 1. The molecule has 146 valence electrons. The summed E-state index contributed by atoms with van der Waals surface area (Å²) in [7, 11) is 3.05. The molecule has 1 aliphatic rings. The van der Waals surface area contributed by atoms with Gasteiger partial charge in [-0.1, -0.05) is 16.8 Å². The number of aryl methyl sites for hydroxylation is 1. The van der Waals surface area contributed by atoms with Crippen molar-refractivity contribution in [2.24, 2.45) is 0 Å². The van der Waals surface area contributed by atoms with Crippen LogP contribution < -0.4 is 14.8 Å². The fraction of sp³-hybridized carbons (Fsp3) is 0.500. The van der Waals surface area contributed by atoms with Gasteiger partial charge in [-0.25, -0.2) is 0 Å². The van der Waals surface area contributed by atoms with E-state index in [0.29, 0.717) is 52.7 Å². The molecule has 8 nitrogen and oxygen atoms in total. The lowest BCUT2D eigenvalue weighted by molar-refractivity contribution is -0.132. The number of piperazine rings is 1. The topological polar surface area (TPSA) is 89.7 Å². The Balaban J connectivity index is 1.66. The first-order valence-electron chi connectivity index (χ1n) is 8.77. The Labute approximate surface area is 162 Å². The Morgan fingerprint density at radius 1 is 1.41 bits per heavy atom. The van der Waals surface area contributed by atoms with Crippen molar-refractivity contribution < 1.29 is 18.8 Å². The molecule has 0 spiro atoms. The molecule has 1 saturated heterocycles. The fourth-order valence-electron chi connectivity index (χ4n) is 3.05. The molecule has 2 heterocycles. The zero-order valence-electron chi connectivity index (χ0n) is 15.6. The van der Waals surface area contributed by atoms with E-state index in [-0.39, 0.29) is 5.91 Å². The number of nitrogens with one attached hydrogen (secondary N) is 1. The van der Waals surface area contributed by atoms with Crippen LogP contribution in [0.3, 0.4) is 0 Å².